The van der Waals surface area contributed by atoms with E-state index in [2.05, 4.69) is 72.8 Å². The van der Waals surface area contributed by atoms with E-state index in [1.165, 1.54) is 33.7 Å². The molecule has 6 nitrogen and oxygen atoms in total. The Morgan fingerprint density at radius 1 is 1.05 bits per heavy atom. The lowest BCUT2D eigenvalue weighted by atomic mass is 10.1. The number of alkyl carbamates (subject to hydrolysis) is 1. The van der Waals surface area contributed by atoms with Crippen LogP contribution in [-0.2, 0) is 11.3 Å². The van der Waals surface area contributed by atoms with Crippen molar-refractivity contribution in [3.63, 3.8) is 0 Å². The highest BCUT2D eigenvalue weighted by atomic mass is 32.1. The summed E-state index contributed by atoms with van der Waals surface area (Å²) in [6, 6.07) is 11.3. The smallest absolute Gasteiger partial charge is 0.407 e. The Balaban J connectivity index is 1.24. The molecular formula is C32H41N4O2S+. The van der Waals surface area contributed by atoms with Gasteiger partial charge in [-0.25, -0.2) is 14.4 Å². The number of hydrogen-bond acceptors (Lipinski definition) is 5. The zero-order valence-electron chi connectivity index (χ0n) is 24.3. The number of piperidine rings is 2. The Morgan fingerprint density at radius 2 is 1.72 bits per heavy atom. The van der Waals surface area contributed by atoms with Crippen LogP contribution in [0, 0.1) is 34.5 Å². The van der Waals surface area contributed by atoms with Gasteiger partial charge in [0.25, 0.3) is 0 Å². The molecule has 0 spiro atoms. The van der Waals surface area contributed by atoms with Crippen molar-refractivity contribution < 1.29 is 9.53 Å². The number of rotatable bonds is 3. The van der Waals surface area contributed by atoms with Crippen LogP contribution in [0.25, 0.3) is 20.8 Å². The minimum atomic E-state index is -0.523. The first kappa shape index (κ1) is 25.3. The number of aromatic nitrogens is 1. The van der Waals surface area contributed by atoms with E-state index >= 15 is 0 Å². The molecule has 2 saturated carbocycles. The summed E-state index contributed by atoms with van der Waals surface area (Å²) in [4.78, 5) is 21.3. The molecule has 7 rings (SSSR count). The summed E-state index contributed by atoms with van der Waals surface area (Å²) in [7, 11) is 0. The first-order chi connectivity index (χ1) is 18.3. The number of hydrogen-bond donors (Lipinski definition) is 1. The highest BCUT2D eigenvalue weighted by Gasteiger charge is 2.66. The van der Waals surface area contributed by atoms with Crippen LogP contribution in [0.5, 0.6) is 0 Å². The van der Waals surface area contributed by atoms with Crippen LogP contribution in [0.4, 0.5) is 10.5 Å². The van der Waals surface area contributed by atoms with Crippen molar-refractivity contribution in [3.05, 3.63) is 41.3 Å². The van der Waals surface area contributed by atoms with E-state index in [4.69, 9.17) is 9.72 Å². The van der Waals surface area contributed by atoms with Crippen LogP contribution in [0.1, 0.15) is 54.0 Å². The largest absolute Gasteiger partial charge is 0.444 e. The predicted molar refractivity (Wildman–Crippen MR) is 158 cm³/mol. The fourth-order valence-corrected chi connectivity index (χ4v) is 8.50. The van der Waals surface area contributed by atoms with Gasteiger partial charge in [-0.2, -0.15) is 0 Å². The fourth-order valence-electron chi connectivity index (χ4n) is 7.48. The van der Waals surface area contributed by atoms with Crippen molar-refractivity contribution >= 4 is 33.3 Å². The molecule has 1 amide bonds. The van der Waals surface area contributed by atoms with Gasteiger partial charge in [0.1, 0.15) is 18.7 Å². The van der Waals surface area contributed by atoms with Crippen molar-refractivity contribution in [2.24, 2.45) is 34.5 Å². The van der Waals surface area contributed by atoms with Crippen LogP contribution in [0.15, 0.2) is 30.3 Å². The number of ether oxygens (including phenoxy) is 1. The first-order valence-electron chi connectivity index (χ1n) is 14.5. The second-order valence-electron chi connectivity index (χ2n) is 14.5. The normalized spacial score (nSPS) is 28.0. The van der Waals surface area contributed by atoms with E-state index < -0.39 is 5.60 Å². The topological polar surface area (TPSA) is 57.5 Å². The van der Waals surface area contributed by atoms with Gasteiger partial charge in [0.2, 0.25) is 5.36 Å². The van der Waals surface area contributed by atoms with Crippen molar-refractivity contribution in [1.29, 1.82) is 0 Å². The first-order valence-corrected chi connectivity index (χ1v) is 15.3. The van der Waals surface area contributed by atoms with Crippen molar-refractivity contribution in [3.8, 4) is 10.6 Å². The van der Waals surface area contributed by atoms with Gasteiger partial charge < -0.3 is 15.0 Å². The Kier molecular flexibility index (Phi) is 5.31. The molecule has 0 aromatic heterocycles. The lowest BCUT2D eigenvalue weighted by molar-refractivity contribution is 0.0523. The summed E-state index contributed by atoms with van der Waals surface area (Å²) >= 11 is 1.83. The van der Waals surface area contributed by atoms with Crippen molar-refractivity contribution in [2.75, 3.05) is 31.1 Å². The molecule has 1 aromatic carbocycles. The molecule has 3 heterocycles. The van der Waals surface area contributed by atoms with Crippen molar-refractivity contribution in [2.45, 2.75) is 60.6 Å². The summed E-state index contributed by atoms with van der Waals surface area (Å²) < 4.78 is 9.27. The van der Waals surface area contributed by atoms with Crippen molar-refractivity contribution in [1.82, 2.24) is 14.9 Å². The van der Waals surface area contributed by atoms with Gasteiger partial charge in [-0.1, -0.05) is 27.7 Å². The van der Waals surface area contributed by atoms with Crippen LogP contribution in [0.3, 0.4) is 0 Å². The molecule has 4 unspecified atom stereocenters. The average molecular weight is 546 g/mol. The number of nitrogens with one attached hydrogen (secondary N) is 1. The molecular weight excluding hydrogens is 504 g/mol. The third kappa shape index (κ3) is 4.23. The fraction of sp³-hybridized carbons (Fsp3) is 0.594. The minimum absolute atomic E-state index is 0.385. The molecule has 0 bridgehead atoms. The number of anilines is 1. The van der Waals surface area contributed by atoms with Gasteiger partial charge in [0.05, 0.1) is 27.3 Å². The molecule has 3 aliphatic heterocycles. The molecule has 4 fully saturated rings. The van der Waals surface area contributed by atoms with E-state index in [9.17, 15) is 4.79 Å². The quantitative estimate of drug-likeness (QED) is 0.345. The summed E-state index contributed by atoms with van der Waals surface area (Å²) in [6.45, 7) is 20.2. The van der Waals surface area contributed by atoms with Gasteiger partial charge in [-0.15, -0.1) is 11.3 Å². The maximum Gasteiger partial charge on any atom is 0.407 e. The highest BCUT2D eigenvalue weighted by Crippen LogP contribution is 2.62. The molecule has 206 valence electrons. The van der Waals surface area contributed by atoms with E-state index in [0.717, 1.165) is 53.5 Å². The van der Waals surface area contributed by atoms with E-state index in [1.54, 1.807) is 0 Å². The number of amides is 1. The van der Waals surface area contributed by atoms with E-state index in [-0.39, 0.29) is 6.09 Å². The Bertz CT molecular complexity index is 1520. The maximum atomic E-state index is 12.5. The van der Waals surface area contributed by atoms with Gasteiger partial charge in [-0.3, -0.25) is 0 Å². The molecule has 39 heavy (non-hydrogen) atoms. The molecule has 3 aliphatic carbocycles. The molecule has 6 aliphatic rings. The van der Waals surface area contributed by atoms with E-state index in [1.807, 2.05) is 32.1 Å². The average Bonchev–Trinajstić information content (AvgIpc) is 3.35. The third-order valence-electron chi connectivity index (χ3n) is 10.3. The summed E-state index contributed by atoms with van der Waals surface area (Å²) in [5.74, 6) is 3.16. The van der Waals surface area contributed by atoms with Crippen LogP contribution >= 0.6 is 11.3 Å². The van der Waals surface area contributed by atoms with Gasteiger partial charge in [0.15, 0.2) is 0 Å². The third-order valence-corrected chi connectivity index (χ3v) is 11.4. The molecule has 1 N–H and O–H groups in total. The number of benzene rings is 2. The molecule has 7 heteroatoms. The summed E-state index contributed by atoms with van der Waals surface area (Å²) in [5, 5.41) is 4.21. The lowest BCUT2D eigenvalue weighted by Gasteiger charge is -2.24. The Morgan fingerprint density at radius 3 is 2.38 bits per heavy atom. The molecule has 0 radical (unpaired) electrons. The SMILES string of the molecule is CC(C)(C)OC(=O)NCc1cc2nc3ccc(N4CC5C(C4)C5(C)C)cc3sc-2cc1=[N+]1CC2C(C1)C2(C)C. The van der Waals surface area contributed by atoms with Gasteiger partial charge in [-0.05, 0) is 67.7 Å². The minimum Gasteiger partial charge on any atom is -0.444 e. The Hall–Kier alpha value is -2.67. The summed E-state index contributed by atoms with van der Waals surface area (Å²) in [5.41, 5.74) is 4.88. The predicted octanol–water partition coefficient (Wildman–Crippen LogP) is 5.58. The van der Waals surface area contributed by atoms with Gasteiger partial charge >= 0.3 is 6.09 Å². The molecule has 1 aromatic rings. The standard InChI is InChI=1S/C32H40N4O2S/c1-30(2,3)38-29(37)33-13-18-10-25-28(12-26(18)36-16-22-23(17-36)32(22,6)7)39-27-11-19(8-9-24(27)34-25)35-14-20-21(15-35)31(20,4)5/h8-12,20-23H,13-17H2,1-7H3/p+1. The molecule has 2 saturated heterocycles. The zero-order chi connectivity index (χ0) is 27.5. The number of nitrogens with zero attached hydrogens (tertiary/aromatic N) is 3. The summed E-state index contributed by atoms with van der Waals surface area (Å²) in [6.07, 6.45) is -0.385. The lowest BCUT2D eigenvalue weighted by Crippen LogP contribution is -2.37. The second-order valence-corrected chi connectivity index (χ2v) is 15.6. The Labute approximate surface area is 235 Å². The van der Waals surface area contributed by atoms with Gasteiger partial charge in [0, 0.05) is 42.2 Å². The number of carbonyl (C=O) groups excluding carboxylic acids is 1. The number of carbonyl (C=O) groups is 1. The van der Waals surface area contributed by atoms with Crippen LogP contribution in [-0.4, -0.2) is 42.9 Å². The van der Waals surface area contributed by atoms with Crippen LogP contribution < -0.4 is 20.1 Å². The second kappa shape index (κ2) is 8.18. The monoisotopic (exact) mass is 545 g/mol. The molecule has 4 atom stereocenters. The van der Waals surface area contributed by atoms with Crippen LogP contribution in [0.2, 0.25) is 0 Å². The van der Waals surface area contributed by atoms with E-state index in [0.29, 0.717) is 17.4 Å². The maximum absolute atomic E-state index is 12.5. The highest BCUT2D eigenvalue weighted by molar-refractivity contribution is 7.21. The number of fused-ring (bicyclic) bond motifs is 4. The zero-order valence-corrected chi connectivity index (χ0v) is 25.1.